The van der Waals surface area contributed by atoms with Gasteiger partial charge in [0.2, 0.25) is 5.89 Å². The molecule has 0 amide bonds. The topological polar surface area (TPSA) is 123 Å². The highest BCUT2D eigenvalue weighted by Gasteiger charge is 2.24. The molecule has 0 radical (unpaired) electrons. The van der Waals surface area contributed by atoms with Gasteiger partial charge in [-0.1, -0.05) is 10.3 Å². The molecule has 0 aromatic carbocycles. The van der Waals surface area contributed by atoms with Crippen LogP contribution in [0, 0.1) is 18.3 Å². The number of nitrogens with zero attached hydrogens (tertiary/aromatic N) is 4. The second-order valence-electron chi connectivity index (χ2n) is 4.37. The van der Waals surface area contributed by atoms with Crippen molar-refractivity contribution in [3.63, 3.8) is 0 Å². The zero-order chi connectivity index (χ0) is 14.9. The Morgan fingerprint density at radius 3 is 2.65 bits per heavy atom. The zero-order valence-electron chi connectivity index (χ0n) is 11.1. The average molecular weight is 296 g/mol. The molecular weight excluding hydrogens is 284 g/mol. The summed E-state index contributed by atoms with van der Waals surface area (Å²) in [4.78, 5) is 4.01. The van der Waals surface area contributed by atoms with E-state index in [2.05, 4.69) is 15.3 Å². The summed E-state index contributed by atoms with van der Waals surface area (Å²) in [6.45, 7) is 3.10. The molecule has 2 rings (SSSR count). The van der Waals surface area contributed by atoms with E-state index in [1.165, 1.54) is 6.92 Å². The molecule has 0 aliphatic carbocycles. The molecule has 20 heavy (non-hydrogen) atoms. The van der Waals surface area contributed by atoms with Crippen LogP contribution in [0.25, 0.3) is 0 Å². The van der Waals surface area contributed by atoms with Crippen LogP contribution in [0.3, 0.4) is 0 Å². The summed E-state index contributed by atoms with van der Waals surface area (Å²) < 4.78 is 32.7. The minimum atomic E-state index is -3.30. The van der Waals surface area contributed by atoms with E-state index in [4.69, 9.17) is 14.3 Å². The van der Waals surface area contributed by atoms with Gasteiger partial charge in [-0.25, -0.2) is 8.42 Å². The molecule has 2 heterocycles. The molecule has 0 fully saturated rings. The lowest BCUT2D eigenvalue weighted by molar-refractivity contribution is 0.368. The Labute approximate surface area is 115 Å². The molecule has 0 N–H and O–H groups in total. The summed E-state index contributed by atoms with van der Waals surface area (Å²) in [6, 6.07) is 1.98. The van der Waals surface area contributed by atoms with Crippen molar-refractivity contribution in [2.24, 2.45) is 0 Å². The summed E-state index contributed by atoms with van der Waals surface area (Å²) in [6.07, 6.45) is 1.21. The van der Waals surface area contributed by atoms with Crippen LogP contribution in [0.5, 0.6) is 0 Å². The minimum absolute atomic E-state index is 0.0845. The summed E-state index contributed by atoms with van der Waals surface area (Å²) in [5.74, 6) is 0.674. The number of hydrogen-bond donors (Lipinski definition) is 0. The Morgan fingerprint density at radius 2 is 2.05 bits per heavy atom. The van der Waals surface area contributed by atoms with E-state index in [9.17, 15) is 8.42 Å². The van der Waals surface area contributed by atoms with Crippen LogP contribution in [0.4, 0.5) is 0 Å². The van der Waals surface area contributed by atoms with Crippen molar-refractivity contribution < 1.29 is 17.5 Å². The second-order valence-corrected chi connectivity index (χ2v) is 6.73. The second kappa shape index (κ2) is 5.05. The van der Waals surface area contributed by atoms with Crippen molar-refractivity contribution in [3.8, 4) is 6.07 Å². The Hall–Kier alpha value is -2.21. The predicted molar refractivity (Wildman–Crippen MR) is 66.3 cm³/mol. The van der Waals surface area contributed by atoms with Crippen LogP contribution in [0.15, 0.2) is 9.05 Å². The number of sulfone groups is 1. The standard InChI is InChI=1S/C11H12N4O4S/c1-6-8(5-12)9(14-18-6)4-10-13-11(15-19-10)7(2)20(3,16)17/h7H,4H2,1-3H3. The number of aryl methyl sites for hydroxylation is 1. The maximum Gasteiger partial charge on any atom is 0.232 e. The van der Waals surface area contributed by atoms with Crippen molar-refractivity contribution in [2.75, 3.05) is 6.26 Å². The van der Waals surface area contributed by atoms with Gasteiger partial charge in [0.15, 0.2) is 21.4 Å². The van der Waals surface area contributed by atoms with Crippen LogP contribution >= 0.6 is 0 Å². The third-order valence-electron chi connectivity index (χ3n) is 2.85. The van der Waals surface area contributed by atoms with Crippen LogP contribution < -0.4 is 0 Å². The lowest BCUT2D eigenvalue weighted by Crippen LogP contribution is -2.09. The first-order valence-corrected chi connectivity index (χ1v) is 7.65. The van der Waals surface area contributed by atoms with E-state index in [0.717, 1.165) is 6.26 Å². The average Bonchev–Trinajstić information content (AvgIpc) is 2.95. The number of aromatic nitrogens is 3. The first-order chi connectivity index (χ1) is 9.32. The molecule has 1 unspecified atom stereocenters. The van der Waals surface area contributed by atoms with Crippen LogP contribution in [-0.2, 0) is 16.3 Å². The van der Waals surface area contributed by atoms with Gasteiger partial charge in [-0.2, -0.15) is 10.2 Å². The minimum Gasteiger partial charge on any atom is -0.360 e. The summed E-state index contributed by atoms with van der Waals surface area (Å²) in [7, 11) is -3.30. The zero-order valence-corrected chi connectivity index (χ0v) is 11.9. The lowest BCUT2D eigenvalue weighted by Gasteiger charge is -2.01. The van der Waals surface area contributed by atoms with Gasteiger partial charge in [0, 0.05) is 6.26 Å². The highest BCUT2D eigenvalue weighted by molar-refractivity contribution is 7.90. The van der Waals surface area contributed by atoms with Crippen LogP contribution in [0.2, 0.25) is 0 Å². The molecule has 0 aliphatic rings. The van der Waals surface area contributed by atoms with Crippen molar-refractivity contribution >= 4 is 9.84 Å². The van der Waals surface area contributed by atoms with Gasteiger partial charge in [-0.15, -0.1) is 0 Å². The lowest BCUT2D eigenvalue weighted by atomic mass is 10.2. The van der Waals surface area contributed by atoms with Gasteiger partial charge in [0.1, 0.15) is 22.6 Å². The van der Waals surface area contributed by atoms with E-state index < -0.39 is 15.1 Å². The van der Waals surface area contributed by atoms with Gasteiger partial charge >= 0.3 is 0 Å². The number of hydrogen-bond acceptors (Lipinski definition) is 8. The fourth-order valence-electron chi connectivity index (χ4n) is 1.52. The smallest absolute Gasteiger partial charge is 0.232 e. The van der Waals surface area contributed by atoms with E-state index in [1.54, 1.807) is 6.92 Å². The fourth-order valence-corrected chi connectivity index (χ4v) is 2.00. The monoisotopic (exact) mass is 296 g/mol. The summed E-state index contributed by atoms with van der Waals surface area (Å²) >= 11 is 0. The van der Waals surface area contributed by atoms with Gasteiger partial charge < -0.3 is 9.05 Å². The molecule has 9 heteroatoms. The molecule has 0 saturated carbocycles. The summed E-state index contributed by atoms with van der Waals surface area (Å²) in [5, 5.41) is 15.5. The van der Waals surface area contributed by atoms with Gasteiger partial charge in [-0.05, 0) is 13.8 Å². The van der Waals surface area contributed by atoms with Crippen LogP contribution in [0.1, 0.15) is 40.9 Å². The fraction of sp³-hybridized carbons (Fsp3) is 0.455. The molecule has 2 aromatic rings. The maximum atomic E-state index is 11.4. The molecule has 0 bridgehead atoms. The molecule has 2 aromatic heterocycles. The van der Waals surface area contributed by atoms with Gasteiger partial charge in [0.05, 0.1) is 6.42 Å². The Kier molecular flexibility index (Phi) is 3.59. The third-order valence-corrected chi connectivity index (χ3v) is 4.35. The highest BCUT2D eigenvalue weighted by atomic mass is 32.2. The summed E-state index contributed by atoms with van der Waals surface area (Å²) in [5.41, 5.74) is 0.702. The largest absolute Gasteiger partial charge is 0.360 e. The Morgan fingerprint density at radius 1 is 1.35 bits per heavy atom. The van der Waals surface area contributed by atoms with Crippen LogP contribution in [-0.4, -0.2) is 30.0 Å². The van der Waals surface area contributed by atoms with Crippen molar-refractivity contribution in [1.82, 2.24) is 15.3 Å². The van der Waals surface area contributed by atoms with Crippen molar-refractivity contribution in [3.05, 3.63) is 28.7 Å². The molecule has 8 nitrogen and oxygen atoms in total. The van der Waals surface area contributed by atoms with E-state index in [1.807, 2.05) is 6.07 Å². The van der Waals surface area contributed by atoms with Crippen molar-refractivity contribution in [1.29, 1.82) is 5.26 Å². The predicted octanol–water partition coefficient (Wildman–Crippen LogP) is 0.934. The SMILES string of the molecule is Cc1onc(Cc2nc(C(C)S(C)(=O)=O)no2)c1C#N. The highest BCUT2D eigenvalue weighted by Crippen LogP contribution is 2.20. The third kappa shape index (κ3) is 2.70. The van der Waals surface area contributed by atoms with Crippen molar-refractivity contribution in [2.45, 2.75) is 25.5 Å². The van der Waals surface area contributed by atoms with Gasteiger partial charge in [0.25, 0.3) is 0 Å². The quantitative estimate of drug-likeness (QED) is 0.816. The number of rotatable bonds is 4. The molecular formula is C11H12N4O4S. The molecule has 1 atom stereocenters. The van der Waals surface area contributed by atoms with E-state index >= 15 is 0 Å². The van der Waals surface area contributed by atoms with E-state index in [0.29, 0.717) is 17.0 Å². The normalized spacial score (nSPS) is 13.1. The number of nitriles is 1. The molecule has 0 spiro atoms. The molecule has 106 valence electrons. The molecule has 0 aliphatic heterocycles. The Bertz CT molecular complexity index is 769. The van der Waals surface area contributed by atoms with Gasteiger partial charge in [-0.3, -0.25) is 0 Å². The van der Waals surface area contributed by atoms with E-state index in [-0.39, 0.29) is 18.1 Å². The molecule has 0 saturated heterocycles. The first kappa shape index (κ1) is 14.2. The first-order valence-electron chi connectivity index (χ1n) is 5.69. The Balaban J connectivity index is 2.25. The maximum absolute atomic E-state index is 11.4.